The summed E-state index contributed by atoms with van der Waals surface area (Å²) in [5, 5.41) is 12.3. The average Bonchev–Trinajstić information content (AvgIpc) is 2.99. The maximum absolute atomic E-state index is 12.2. The van der Waals surface area contributed by atoms with E-state index in [0.717, 1.165) is 0 Å². The average molecular weight is 277 g/mol. The second-order valence-electron chi connectivity index (χ2n) is 4.98. The molecule has 2 atom stereocenters. The van der Waals surface area contributed by atoms with Crippen molar-refractivity contribution in [2.45, 2.75) is 25.3 Å². The van der Waals surface area contributed by atoms with Crippen LogP contribution in [0.25, 0.3) is 0 Å². The van der Waals surface area contributed by atoms with Crippen LogP contribution in [0.5, 0.6) is 0 Å². The summed E-state index contributed by atoms with van der Waals surface area (Å²) in [5.41, 5.74) is -0.789. The summed E-state index contributed by atoms with van der Waals surface area (Å²) in [6, 6.07) is 8.81. The van der Waals surface area contributed by atoms with Crippen molar-refractivity contribution >= 4 is 11.9 Å². The quantitative estimate of drug-likeness (QED) is 0.855. The fraction of sp³-hybridized carbons (Fsp3) is 0.467. The van der Waals surface area contributed by atoms with Crippen LogP contribution in [0.3, 0.4) is 0 Å². The molecule has 0 spiro atoms. The largest absolute Gasteiger partial charge is 0.479 e. The summed E-state index contributed by atoms with van der Waals surface area (Å²) in [7, 11) is 0. The number of ether oxygens (including phenoxy) is 1. The molecular formula is C15H19NO4. The number of hydrogen-bond acceptors (Lipinski definition) is 3. The molecule has 108 valence electrons. The van der Waals surface area contributed by atoms with Crippen molar-refractivity contribution in [3.05, 3.63) is 35.9 Å². The van der Waals surface area contributed by atoms with Crippen molar-refractivity contribution in [1.82, 2.24) is 5.32 Å². The van der Waals surface area contributed by atoms with Gasteiger partial charge >= 0.3 is 5.97 Å². The van der Waals surface area contributed by atoms with E-state index >= 15 is 0 Å². The lowest BCUT2D eigenvalue weighted by molar-refractivity contribution is -0.149. The molecule has 5 heteroatoms. The highest BCUT2D eigenvalue weighted by molar-refractivity contribution is 5.89. The lowest BCUT2D eigenvalue weighted by Gasteiger charge is -2.31. The van der Waals surface area contributed by atoms with Gasteiger partial charge in [-0.1, -0.05) is 37.3 Å². The topological polar surface area (TPSA) is 75.6 Å². The van der Waals surface area contributed by atoms with Gasteiger partial charge in [-0.05, 0) is 18.4 Å². The van der Waals surface area contributed by atoms with Crippen LogP contribution >= 0.6 is 0 Å². The Morgan fingerprint density at radius 3 is 2.60 bits per heavy atom. The minimum Gasteiger partial charge on any atom is -0.479 e. The predicted octanol–water partition coefficient (Wildman–Crippen LogP) is 1.53. The summed E-state index contributed by atoms with van der Waals surface area (Å²) < 4.78 is 5.18. The molecule has 1 aliphatic rings. The monoisotopic (exact) mass is 277 g/mol. The number of amides is 1. The number of aliphatic carboxylic acids is 1. The fourth-order valence-corrected chi connectivity index (χ4v) is 2.47. The van der Waals surface area contributed by atoms with Gasteiger partial charge in [-0.3, -0.25) is 4.79 Å². The van der Waals surface area contributed by atoms with Gasteiger partial charge in [-0.25, -0.2) is 4.79 Å². The Labute approximate surface area is 117 Å². The van der Waals surface area contributed by atoms with Crippen LogP contribution in [0, 0.1) is 5.92 Å². The molecule has 1 aliphatic heterocycles. The van der Waals surface area contributed by atoms with Crippen LogP contribution < -0.4 is 5.32 Å². The predicted molar refractivity (Wildman–Crippen MR) is 73.1 cm³/mol. The molecule has 2 unspecified atom stereocenters. The highest BCUT2D eigenvalue weighted by atomic mass is 16.5. The summed E-state index contributed by atoms with van der Waals surface area (Å²) in [4.78, 5) is 24.0. The van der Waals surface area contributed by atoms with E-state index in [0.29, 0.717) is 25.2 Å². The van der Waals surface area contributed by atoms with Crippen molar-refractivity contribution < 1.29 is 19.4 Å². The lowest BCUT2D eigenvalue weighted by atomic mass is 9.86. The Morgan fingerprint density at radius 2 is 2.10 bits per heavy atom. The van der Waals surface area contributed by atoms with Crippen molar-refractivity contribution in [3.8, 4) is 0 Å². The fourth-order valence-electron chi connectivity index (χ4n) is 2.47. The Morgan fingerprint density at radius 1 is 1.40 bits per heavy atom. The molecule has 1 amide bonds. The third-order valence-electron chi connectivity index (χ3n) is 3.80. The number of carbonyl (C=O) groups is 2. The number of nitrogens with one attached hydrogen (secondary N) is 1. The van der Waals surface area contributed by atoms with E-state index in [-0.39, 0.29) is 18.2 Å². The molecule has 0 radical (unpaired) electrons. The summed E-state index contributed by atoms with van der Waals surface area (Å²) in [6.45, 7) is 2.67. The number of carboxylic acid groups (broad SMARTS) is 1. The van der Waals surface area contributed by atoms with Gasteiger partial charge in [0.05, 0.1) is 12.5 Å². The Bertz CT molecular complexity index is 482. The van der Waals surface area contributed by atoms with Gasteiger partial charge < -0.3 is 15.2 Å². The van der Waals surface area contributed by atoms with Gasteiger partial charge in [-0.15, -0.1) is 0 Å². The van der Waals surface area contributed by atoms with E-state index in [4.69, 9.17) is 4.74 Å². The second kappa shape index (κ2) is 6.05. The van der Waals surface area contributed by atoms with Crippen LogP contribution in [-0.2, 0) is 19.9 Å². The Hall–Kier alpha value is -1.88. The standard InChI is InChI=1S/C15H19NO4/c1-2-15(14(18)19,12-6-4-3-5-7-12)16-13(17)11-8-9-20-10-11/h3-7,11H,2,8-10H2,1H3,(H,16,17)(H,18,19). The molecule has 20 heavy (non-hydrogen) atoms. The third kappa shape index (κ3) is 2.67. The zero-order chi connectivity index (χ0) is 14.6. The minimum atomic E-state index is -1.37. The molecule has 1 heterocycles. The first-order valence-corrected chi connectivity index (χ1v) is 6.79. The Balaban J connectivity index is 2.27. The lowest BCUT2D eigenvalue weighted by Crippen LogP contribution is -2.53. The zero-order valence-corrected chi connectivity index (χ0v) is 11.5. The Kier molecular flexibility index (Phi) is 4.39. The van der Waals surface area contributed by atoms with Crippen molar-refractivity contribution in [2.75, 3.05) is 13.2 Å². The van der Waals surface area contributed by atoms with Gasteiger partial charge in [0.1, 0.15) is 0 Å². The van der Waals surface area contributed by atoms with Crippen molar-refractivity contribution in [2.24, 2.45) is 5.92 Å². The van der Waals surface area contributed by atoms with Gasteiger partial charge in [0, 0.05) is 6.61 Å². The van der Waals surface area contributed by atoms with Crippen LogP contribution in [0.2, 0.25) is 0 Å². The number of rotatable bonds is 5. The molecule has 0 bridgehead atoms. The number of benzene rings is 1. The molecule has 1 fully saturated rings. The van der Waals surface area contributed by atoms with Crippen LogP contribution in [0.4, 0.5) is 0 Å². The van der Waals surface area contributed by atoms with E-state index in [1.807, 2.05) is 6.07 Å². The molecule has 2 rings (SSSR count). The summed E-state index contributed by atoms with van der Waals surface area (Å²) in [5.74, 6) is -1.56. The van der Waals surface area contributed by atoms with Crippen LogP contribution in [-0.4, -0.2) is 30.2 Å². The summed E-state index contributed by atoms with van der Waals surface area (Å²) in [6.07, 6.45) is 0.922. The van der Waals surface area contributed by atoms with Gasteiger partial charge in [0.15, 0.2) is 5.54 Å². The molecule has 0 aromatic heterocycles. The normalized spacial score (nSPS) is 21.1. The maximum Gasteiger partial charge on any atom is 0.334 e. The van der Waals surface area contributed by atoms with E-state index in [1.165, 1.54) is 0 Å². The molecule has 2 N–H and O–H groups in total. The second-order valence-corrected chi connectivity index (χ2v) is 4.98. The third-order valence-corrected chi connectivity index (χ3v) is 3.80. The number of carbonyl (C=O) groups excluding carboxylic acids is 1. The van der Waals surface area contributed by atoms with E-state index in [1.54, 1.807) is 31.2 Å². The SMILES string of the molecule is CCC(NC(=O)C1CCOC1)(C(=O)O)c1ccccc1. The van der Waals surface area contributed by atoms with E-state index in [2.05, 4.69) is 5.32 Å². The molecule has 5 nitrogen and oxygen atoms in total. The highest BCUT2D eigenvalue weighted by Crippen LogP contribution is 2.27. The van der Waals surface area contributed by atoms with Gasteiger partial charge in [0.25, 0.3) is 0 Å². The first-order valence-electron chi connectivity index (χ1n) is 6.79. The molecular weight excluding hydrogens is 258 g/mol. The highest BCUT2D eigenvalue weighted by Gasteiger charge is 2.41. The first kappa shape index (κ1) is 14.5. The zero-order valence-electron chi connectivity index (χ0n) is 11.5. The first-order chi connectivity index (χ1) is 9.60. The molecule has 1 saturated heterocycles. The van der Waals surface area contributed by atoms with Crippen molar-refractivity contribution in [3.63, 3.8) is 0 Å². The van der Waals surface area contributed by atoms with Crippen LogP contribution in [0.1, 0.15) is 25.3 Å². The van der Waals surface area contributed by atoms with Gasteiger partial charge in [0.2, 0.25) is 5.91 Å². The number of carboxylic acids is 1. The smallest absolute Gasteiger partial charge is 0.334 e. The molecule has 1 aromatic rings. The van der Waals surface area contributed by atoms with Crippen molar-refractivity contribution in [1.29, 1.82) is 0 Å². The summed E-state index contributed by atoms with van der Waals surface area (Å²) >= 11 is 0. The minimum absolute atomic E-state index is 0.254. The van der Waals surface area contributed by atoms with E-state index < -0.39 is 11.5 Å². The van der Waals surface area contributed by atoms with Crippen LogP contribution in [0.15, 0.2) is 30.3 Å². The molecule has 0 saturated carbocycles. The van der Waals surface area contributed by atoms with Gasteiger partial charge in [-0.2, -0.15) is 0 Å². The molecule has 1 aromatic carbocycles. The molecule has 0 aliphatic carbocycles. The van der Waals surface area contributed by atoms with E-state index in [9.17, 15) is 14.7 Å². The maximum atomic E-state index is 12.2. The number of hydrogen-bond donors (Lipinski definition) is 2.